The van der Waals surface area contributed by atoms with Crippen molar-refractivity contribution in [3.05, 3.63) is 0 Å². The van der Waals surface area contributed by atoms with E-state index >= 15 is 0 Å². The van der Waals surface area contributed by atoms with Crippen LogP contribution in [-0.2, 0) is 4.79 Å². The van der Waals surface area contributed by atoms with Crippen LogP contribution in [0.25, 0.3) is 0 Å². The van der Waals surface area contributed by atoms with Gasteiger partial charge in [0.05, 0.1) is 6.04 Å². The number of nitrogens with zero attached hydrogens (tertiary/aromatic N) is 1. The molecule has 2 saturated heterocycles. The van der Waals surface area contributed by atoms with Crippen LogP contribution in [0.4, 0.5) is 0 Å². The van der Waals surface area contributed by atoms with Gasteiger partial charge in [-0.3, -0.25) is 9.69 Å². The van der Waals surface area contributed by atoms with Gasteiger partial charge in [0, 0.05) is 25.7 Å². The molecular weight excluding hydrogens is 166 g/mol. The molecule has 0 aliphatic carbocycles. The van der Waals surface area contributed by atoms with Gasteiger partial charge in [0.2, 0.25) is 5.91 Å². The van der Waals surface area contributed by atoms with Crippen molar-refractivity contribution < 1.29 is 4.79 Å². The number of hydrogen-bond acceptors (Lipinski definition) is 3. The first kappa shape index (κ1) is 8.97. The molecule has 13 heavy (non-hydrogen) atoms. The first-order valence-electron chi connectivity index (χ1n) is 4.99. The summed E-state index contributed by atoms with van der Waals surface area (Å²) in [4.78, 5) is 13.7. The third-order valence-electron chi connectivity index (χ3n) is 3.08. The van der Waals surface area contributed by atoms with Crippen molar-refractivity contribution in [3.63, 3.8) is 0 Å². The zero-order valence-electron chi connectivity index (χ0n) is 8.05. The first-order chi connectivity index (χ1) is 6.29. The fourth-order valence-corrected chi connectivity index (χ4v) is 1.96. The zero-order valence-corrected chi connectivity index (χ0v) is 8.05. The average molecular weight is 183 g/mol. The number of amides is 1. The largest absolute Gasteiger partial charge is 0.355 e. The lowest BCUT2D eigenvalue weighted by Crippen LogP contribution is -2.62. The van der Waals surface area contributed by atoms with Crippen molar-refractivity contribution in [2.24, 2.45) is 0 Å². The van der Waals surface area contributed by atoms with Crippen molar-refractivity contribution in [1.29, 1.82) is 0 Å². The van der Waals surface area contributed by atoms with Gasteiger partial charge in [-0.15, -0.1) is 0 Å². The van der Waals surface area contributed by atoms with Crippen LogP contribution in [0.2, 0.25) is 0 Å². The summed E-state index contributed by atoms with van der Waals surface area (Å²) in [5, 5.41) is 6.14. The fourth-order valence-electron chi connectivity index (χ4n) is 1.96. The van der Waals surface area contributed by atoms with Gasteiger partial charge in [0.15, 0.2) is 0 Å². The smallest absolute Gasteiger partial charge is 0.237 e. The molecule has 0 aromatic rings. The van der Waals surface area contributed by atoms with E-state index in [9.17, 15) is 4.79 Å². The van der Waals surface area contributed by atoms with Gasteiger partial charge >= 0.3 is 0 Å². The molecule has 0 bridgehead atoms. The summed E-state index contributed by atoms with van der Waals surface area (Å²) < 4.78 is 0. The SMILES string of the molecule is CN(C1CNC1)C1CCCNC1=O. The Morgan fingerprint density at radius 2 is 2.23 bits per heavy atom. The molecule has 0 saturated carbocycles. The van der Waals surface area contributed by atoms with Crippen LogP contribution >= 0.6 is 0 Å². The Bertz CT molecular complexity index is 203. The second-order valence-corrected chi connectivity index (χ2v) is 3.93. The van der Waals surface area contributed by atoms with E-state index in [0.29, 0.717) is 6.04 Å². The van der Waals surface area contributed by atoms with E-state index in [0.717, 1.165) is 32.5 Å². The molecule has 2 aliphatic heterocycles. The predicted octanol–water partition coefficient (Wildman–Crippen LogP) is -0.831. The highest BCUT2D eigenvalue weighted by atomic mass is 16.2. The second-order valence-electron chi connectivity index (χ2n) is 3.93. The van der Waals surface area contributed by atoms with Crippen LogP contribution in [0.3, 0.4) is 0 Å². The third kappa shape index (κ3) is 1.69. The van der Waals surface area contributed by atoms with E-state index in [1.165, 1.54) is 0 Å². The maximum absolute atomic E-state index is 11.5. The Hall–Kier alpha value is -0.610. The van der Waals surface area contributed by atoms with Crippen molar-refractivity contribution in [3.8, 4) is 0 Å². The van der Waals surface area contributed by atoms with E-state index in [-0.39, 0.29) is 11.9 Å². The number of nitrogens with one attached hydrogen (secondary N) is 2. The second kappa shape index (κ2) is 3.64. The standard InChI is InChI=1S/C9H17N3O/c1-12(7-5-10-6-7)8-3-2-4-11-9(8)13/h7-8,10H,2-6H2,1H3,(H,11,13). The number of hydrogen-bond donors (Lipinski definition) is 2. The average Bonchev–Trinajstić information content (AvgIpc) is 2.01. The van der Waals surface area contributed by atoms with Crippen LogP contribution in [-0.4, -0.2) is 49.6 Å². The van der Waals surface area contributed by atoms with Crippen LogP contribution in [0.15, 0.2) is 0 Å². The molecule has 0 spiro atoms. The van der Waals surface area contributed by atoms with E-state index in [4.69, 9.17) is 0 Å². The van der Waals surface area contributed by atoms with Gasteiger partial charge in [0.1, 0.15) is 0 Å². The van der Waals surface area contributed by atoms with Crippen molar-refractivity contribution >= 4 is 5.91 Å². The topological polar surface area (TPSA) is 44.4 Å². The zero-order chi connectivity index (χ0) is 9.26. The molecule has 1 unspecified atom stereocenters. The molecular formula is C9H17N3O. The van der Waals surface area contributed by atoms with E-state index in [2.05, 4.69) is 22.6 Å². The monoisotopic (exact) mass is 183 g/mol. The molecule has 1 atom stereocenters. The minimum absolute atomic E-state index is 0.112. The highest BCUT2D eigenvalue weighted by Crippen LogP contribution is 2.14. The van der Waals surface area contributed by atoms with E-state index < -0.39 is 0 Å². The Morgan fingerprint density at radius 3 is 2.77 bits per heavy atom. The van der Waals surface area contributed by atoms with Crippen molar-refractivity contribution in [1.82, 2.24) is 15.5 Å². The minimum Gasteiger partial charge on any atom is -0.355 e. The van der Waals surface area contributed by atoms with E-state index in [1.54, 1.807) is 0 Å². The Morgan fingerprint density at radius 1 is 1.46 bits per heavy atom. The highest BCUT2D eigenvalue weighted by molar-refractivity contribution is 5.82. The first-order valence-corrected chi connectivity index (χ1v) is 4.99. The van der Waals surface area contributed by atoms with Crippen LogP contribution < -0.4 is 10.6 Å². The number of carbonyl (C=O) groups excluding carboxylic acids is 1. The third-order valence-corrected chi connectivity index (χ3v) is 3.08. The normalized spacial score (nSPS) is 30.0. The Balaban J connectivity index is 1.92. The van der Waals surface area contributed by atoms with Gasteiger partial charge in [-0.1, -0.05) is 0 Å². The van der Waals surface area contributed by atoms with Crippen LogP contribution in [0.1, 0.15) is 12.8 Å². The molecule has 74 valence electrons. The highest BCUT2D eigenvalue weighted by Gasteiger charge is 2.32. The molecule has 0 aromatic heterocycles. The lowest BCUT2D eigenvalue weighted by molar-refractivity contribution is -0.129. The van der Waals surface area contributed by atoms with Gasteiger partial charge in [-0.25, -0.2) is 0 Å². The molecule has 1 amide bonds. The summed E-state index contributed by atoms with van der Waals surface area (Å²) >= 11 is 0. The predicted molar refractivity (Wildman–Crippen MR) is 50.5 cm³/mol. The molecule has 2 N–H and O–H groups in total. The summed E-state index contributed by atoms with van der Waals surface area (Å²) in [7, 11) is 2.06. The van der Waals surface area contributed by atoms with E-state index in [1.807, 2.05) is 0 Å². The van der Waals surface area contributed by atoms with Gasteiger partial charge in [-0.2, -0.15) is 0 Å². The van der Waals surface area contributed by atoms with Crippen molar-refractivity contribution in [2.45, 2.75) is 24.9 Å². The molecule has 4 nitrogen and oxygen atoms in total. The van der Waals surface area contributed by atoms with Gasteiger partial charge < -0.3 is 10.6 Å². The molecule has 4 heteroatoms. The summed E-state index contributed by atoms with van der Waals surface area (Å²) in [5.41, 5.74) is 0. The number of carbonyl (C=O) groups is 1. The molecule has 2 aliphatic rings. The summed E-state index contributed by atoms with van der Waals surface area (Å²) in [6.07, 6.45) is 2.12. The van der Waals surface area contributed by atoms with Crippen LogP contribution in [0, 0.1) is 0 Å². The van der Waals surface area contributed by atoms with Gasteiger partial charge in [0.25, 0.3) is 0 Å². The quantitative estimate of drug-likeness (QED) is 0.587. The lowest BCUT2D eigenvalue weighted by atomic mass is 10.0. The Labute approximate surface area is 78.7 Å². The fraction of sp³-hybridized carbons (Fsp3) is 0.889. The Kier molecular flexibility index (Phi) is 2.51. The summed E-state index contributed by atoms with van der Waals surface area (Å²) in [5.74, 6) is 0.209. The summed E-state index contributed by atoms with van der Waals surface area (Å²) in [6.45, 7) is 2.91. The summed E-state index contributed by atoms with van der Waals surface area (Å²) in [6, 6.07) is 0.676. The number of piperidine rings is 1. The maximum atomic E-state index is 11.5. The maximum Gasteiger partial charge on any atom is 0.237 e. The van der Waals surface area contributed by atoms with Crippen LogP contribution in [0.5, 0.6) is 0 Å². The lowest BCUT2D eigenvalue weighted by Gasteiger charge is -2.41. The minimum atomic E-state index is 0.112. The number of rotatable bonds is 2. The molecule has 2 fully saturated rings. The molecule has 0 aromatic carbocycles. The molecule has 0 radical (unpaired) electrons. The molecule has 2 heterocycles. The molecule has 2 rings (SSSR count). The van der Waals surface area contributed by atoms with Crippen molar-refractivity contribution in [2.75, 3.05) is 26.7 Å². The van der Waals surface area contributed by atoms with Gasteiger partial charge in [-0.05, 0) is 19.9 Å². The number of likely N-dealkylation sites (N-methyl/N-ethyl adjacent to an activating group) is 1.